The molecule has 0 unspecified atom stereocenters. The molecular weight excluding hydrogens is 364 g/mol. The van der Waals surface area contributed by atoms with E-state index in [0.29, 0.717) is 6.42 Å². The Bertz CT molecular complexity index is 818. The summed E-state index contributed by atoms with van der Waals surface area (Å²) >= 11 is 2.91. The van der Waals surface area contributed by atoms with Crippen LogP contribution in [0.2, 0.25) is 0 Å². The molecule has 0 radical (unpaired) electrons. The van der Waals surface area contributed by atoms with Gasteiger partial charge < -0.3 is 4.90 Å². The van der Waals surface area contributed by atoms with Gasteiger partial charge in [-0.1, -0.05) is 42.1 Å². The number of sulfone groups is 1. The van der Waals surface area contributed by atoms with Gasteiger partial charge in [0.15, 0.2) is 14.2 Å². The Hall–Kier alpha value is -1.38. The SMILES string of the molecule is CN(C(=O)CSc1nc(-c2ccccc2)cs1)[C@H]1CCS(=O)(=O)C1. The van der Waals surface area contributed by atoms with E-state index in [1.807, 2.05) is 35.7 Å². The predicted molar refractivity (Wildman–Crippen MR) is 98.1 cm³/mol. The van der Waals surface area contributed by atoms with Gasteiger partial charge in [-0.15, -0.1) is 11.3 Å². The van der Waals surface area contributed by atoms with Crippen molar-refractivity contribution in [1.82, 2.24) is 9.88 Å². The second-order valence-corrected chi connectivity index (χ2v) is 10.0. The molecule has 1 atom stereocenters. The molecule has 128 valence electrons. The van der Waals surface area contributed by atoms with E-state index in [-0.39, 0.29) is 29.2 Å². The zero-order valence-corrected chi connectivity index (χ0v) is 15.7. The quantitative estimate of drug-likeness (QED) is 0.744. The van der Waals surface area contributed by atoms with Crippen molar-refractivity contribution < 1.29 is 13.2 Å². The molecule has 0 saturated carbocycles. The minimum Gasteiger partial charge on any atom is -0.341 e. The third-order valence-electron chi connectivity index (χ3n) is 4.02. The molecular formula is C16H18N2O3S3. The van der Waals surface area contributed by atoms with Crippen LogP contribution in [0.3, 0.4) is 0 Å². The summed E-state index contributed by atoms with van der Waals surface area (Å²) in [6.45, 7) is 0. The molecule has 2 heterocycles. The number of carbonyl (C=O) groups is 1. The van der Waals surface area contributed by atoms with Crippen molar-refractivity contribution >= 4 is 38.8 Å². The van der Waals surface area contributed by atoms with Crippen molar-refractivity contribution in [2.24, 2.45) is 0 Å². The second-order valence-electron chi connectivity index (χ2n) is 5.71. The molecule has 0 bridgehead atoms. The number of thioether (sulfide) groups is 1. The number of hydrogen-bond acceptors (Lipinski definition) is 6. The van der Waals surface area contributed by atoms with Crippen LogP contribution in [-0.4, -0.2) is 54.6 Å². The summed E-state index contributed by atoms with van der Waals surface area (Å²) < 4.78 is 23.9. The molecule has 24 heavy (non-hydrogen) atoms. The molecule has 1 saturated heterocycles. The summed E-state index contributed by atoms with van der Waals surface area (Å²) in [4.78, 5) is 18.4. The summed E-state index contributed by atoms with van der Waals surface area (Å²) in [5.41, 5.74) is 1.96. The van der Waals surface area contributed by atoms with Crippen LogP contribution in [0.4, 0.5) is 0 Å². The number of amides is 1. The topological polar surface area (TPSA) is 67.3 Å². The van der Waals surface area contributed by atoms with E-state index in [1.165, 1.54) is 23.1 Å². The van der Waals surface area contributed by atoms with E-state index in [0.717, 1.165) is 15.6 Å². The Balaban J connectivity index is 1.56. The van der Waals surface area contributed by atoms with Gasteiger partial charge in [0.1, 0.15) is 0 Å². The number of carbonyl (C=O) groups excluding carboxylic acids is 1. The van der Waals surface area contributed by atoms with Gasteiger partial charge in [-0.25, -0.2) is 13.4 Å². The third kappa shape index (κ3) is 4.17. The first-order valence-electron chi connectivity index (χ1n) is 7.54. The van der Waals surface area contributed by atoms with Gasteiger partial charge in [-0.05, 0) is 6.42 Å². The zero-order chi connectivity index (χ0) is 17.2. The van der Waals surface area contributed by atoms with E-state index < -0.39 is 9.84 Å². The number of nitrogens with zero attached hydrogens (tertiary/aromatic N) is 2. The summed E-state index contributed by atoms with van der Waals surface area (Å²) in [5, 5.41) is 1.98. The Morgan fingerprint density at radius 1 is 1.38 bits per heavy atom. The first-order valence-corrected chi connectivity index (χ1v) is 11.2. The number of aromatic nitrogens is 1. The average molecular weight is 383 g/mol. The lowest BCUT2D eigenvalue weighted by atomic mass is 10.2. The molecule has 5 nitrogen and oxygen atoms in total. The molecule has 0 aliphatic carbocycles. The summed E-state index contributed by atoms with van der Waals surface area (Å²) in [5.74, 6) is 0.470. The van der Waals surface area contributed by atoms with Crippen molar-refractivity contribution in [3.05, 3.63) is 35.7 Å². The summed E-state index contributed by atoms with van der Waals surface area (Å²) in [6.07, 6.45) is 0.532. The van der Waals surface area contributed by atoms with Gasteiger partial charge in [0.05, 0.1) is 23.0 Å². The standard InChI is InChI=1S/C16H18N2O3S3/c1-18(13-7-8-24(20,21)11-13)15(19)10-23-16-17-14(9-22-16)12-5-3-2-4-6-12/h2-6,9,13H,7-8,10-11H2,1H3/t13-/m0/s1. The number of hydrogen-bond donors (Lipinski definition) is 0. The van der Waals surface area contributed by atoms with Crippen LogP contribution in [0.15, 0.2) is 40.1 Å². The van der Waals surface area contributed by atoms with Gasteiger partial charge >= 0.3 is 0 Å². The van der Waals surface area contributed by atoms with Crippen LogP contribution in [0.5, 0.6) is 0 Å². The van der Waals surface area contributed by atoms with Gasteiger partial charge in [0.25, 0.3) is 0 Å². The van der Waals surface area contributed by atoms with E-state index in [9.17, 15) is 13.2 Å². The predicted octanol–water partition coefficient (Wildman–Crippen LogP) is 2.55. The molecule has 0 spiro atoms. The first-order chi connectivity index (χ1) is 11.4. The molecule has 8 heteroatoms. The zero-order valence-electron chi connectivity index (χ0n) is 13.2. The van der Waals surface area contributed by atoms with Crippen molar-refractivity contribution in [3.8, 4) is 11.3 Å². The number of thiazole rings is 1. The smallest absolute Gasteiger partial charge is 0.233 e. The highest BCUT2D eigenvalue weighted by atomic mass is 32.2. The van der Waals surface area contributed by atoms with Crippen molar-refractivity contribution in [2.45, 2.75) is 16.8 Å². The van der Waals surface area contributed by atoms with Crippen LogP contribution in [-0.2, 0) is 14.6 Å². The number of benzene rings is 1. The summed E-state index contributed by atoms with van der Waals surface area (Å²) in [7, 11) is -1.29. The maximum absolute atomic E-state index is 12.3. The van der Waals surface area contributed by atoms with Crippen molar-refractivity contribution in [2.75, 3.05) is 24.3 Å². The van der Waals surface area contributed by atoms with Crippen LogP contribution in [0.25, 0.3) is 11.3 Å². The molecule has 3 rings (SSSR count). The maximum atomic E-state index is 12.3. The van der Waals surface area contributed by atoms with Crippen LogP contribution >= 0.6 is 23.1 Å². The molecule has 1 aliphatic heterocycles. The fourth-order valence-corrected chi connectivity index (χ4v) is 6.11. The molecule has 0 N–H and O–H groups in total. The number of rotatable bonds is 5. The Kier molecular flexibility index (Phi) is 5.27. The van der Waals surface area contributed by atoms with E-state index in [1.54, 1.807) is 11.9 Å². The maximum Gasteiger partial charge on any atom is 0.233 e. The van der Waals surface area contributed by atoms with Gasteiger partial charge in [-0.3, -0.25) is 4.79 Å². The molecule has 1 amide bonds. The fourth-order valence-electron chi connectivity index (χ4n) is 2.57. The third-order valence-corrected chi connectivity index (χ3v) is 7.78. The largest absolute Gasteiger partial charge is 0.341 e. The van der Waals surface area contributed by atoms with E-state index in [4.69, 9.17) is 0 Å². The second kappa shape index (κ2) is 7.25. The highest BCUT2D eigenvalue weighted by molar-refractivity contribution is 8.01. The van der Waals surface area contributed by atoms with Crippen molar-refractivity contribution in [1.29, 1.82) is 0 Å². The lowest BCUT2D eigenvalue weighted by Gasteiger charge is -2.22. The monoisotopic (exact) mass is 382 g/mol. The molecule has 1 aromatic heterocycles. The lowest BCUT2D eigenvalue weighted by Crippen LogP contribution is -2.38. The van der Waals surface area contributed by atoms with Gasteiger partial charge in [0, 0.05) is 24.0 Å². The van der Waals surface area contributed by atoms with Crippen LogP contribution in [0, 0.1) is 0 Å². The highest BCUT2D eigenvalue weighted by Gasteiger charge is 2.32. The Labute approximate surface area is 150 Å². The van der Waals surface area contributed by atoms with Gasteiger partial charge in [-0.2, -0.15) is 0 Å². The molecule has 1 aliphatic rings. The first kappa shape index (κ1) is 17.4. The normalized spacial score (nSPS) is 19.3. The lowest BCUT2D eigenvalue weighted by molar-refractivity contribution is -0.128. The summed E-state index contributed by atoms with van der Waals surface area (Å²) in [6, 6.07) is 9.71. The molecule has 1 aromatic carbocycles. The molecule has 2 aromatic rings. The minimum atomic E-state index is -2.98. The average Bonchev–Trinajstić information content (AvgIpc) is 3.19. The molecule has 1 fully saturated rings. The minimum absolute atomic E-state index is 0.0569. The highest BCUT2D eigenvalue weighted by Crippen LogP contribution is 2.28. The van der Waals surface area contributed by atoms with Crippen LogP contribution < -0.4 is 0 Å². The fraction of sp³-hybridized carbons (Fsp3) is 0.375. The van der Waals surface area contributed by atoms with E-state index in [2.05, 4.69) is 4.98 Å². The Morgan fingerprint density at radius 2 is 2.12 bits per heavy atom. The van der Waals surface area contributed by atoms with Gasteiger partial charge in [0.2, 0.25) is 5.91 Å². The van der Waals surface area contributed by atoms with Crippen molar-refractivity contribution in [3.63, 3.8) is 0 Å². The van der Waals surface area contributed by atoms with Crippen LogP contribution in [0.1, 0.15) is 6.42 Å². The van der Waals surface area contributed by atoms with E-state index >= 15 is 0 Å². The Morgan fingerprint density at radius 3 is 2.79 bits per heavy atom.